The predicted molar refractivity (Wildman–Crippen MR) is 101 cm³/mol. The lowest BCUT2D eigenvalue weighted by Crippen LogP contribution is -2.03. The number of rotatable bonds is 3. The van der Waals surface area contributed by atoms with Gasteiger partial charge in [-0.25, -0.2) is 14.2 Å². The van der Waals surface area contributed by atoms with Crippen LogP contribution in [0.25, 0.3) is 22.2 Å². The van der Waals surface area contributed by atoms with Gasteiger partial charge in [0.1, 0.15) is 5.82 Å². The first kappa shape index (κ1) is 16.0. The summed E-state index contributed by atoms with van der Waals surface area (Å²) in [7, 11) is -1.36. The Bertz CT molecular complexity index is 1090. The quantitative estimate of drug-likeness (QED) is 0.530. The van der Waals surface area contributed by atoms with E-state index in [9.17, 15) is 4.21 Å². The van der Waals surface area contributed by atoms with Crippen LogP contribution in [0.2, 0.25) is 5.02 Å². The number of fused-ring (bicyclic) bond motifs is 1. The second-order valence-electron chi connectivity index (χ2n) is 5.56. The normalized spacial score (nSPS) is 12.4. The van der Waals surface area contributed by atoms with Gasteiger partial charge in [0.2, 0.25) is 0 Å². The first-order valence-corrected chi connectivity index (χ1v) is 9.20. The summed E-state index contributed by atoms with van der Waals surface area (Å²) in [6.45, 7) is 1.82. The first-order valence-electron chi connectivity index (χ1n) is 7.72. The molecule has 4 nitrogen and oxygen atoms in total. The van der Waals surface area contributed by atoms with Crippen molar-refractivity contribution in [1.82, 2.24) is 13.9 Å². The summed E-state index contributed by atoms with van der Waals surface area (Å²) < 4.78 is 14.8. The van der Waals surface area contributed by atoms with Crippen LogP contribution < -0.4 is 0 Å². The SMILES string of the molecule is Cc1ncc(Cl)c(-c2cn(S(=O)c3ccccc3)c3ccccc23)n1. The second kappa shape index (κ2) is 6.43. The zero-order valence-corrected chi connectivity index (χ0v) is 15.0. The third kappa shape index (κ3) is 2.86. The summed E-state index contributed by atoms with van der Waals surface area (Å²) in [5.74, 6) is 0.639. The van der Waals surface area contributed by atoms with Crippen molar-refractivity contribution in [2.45, 2.75) is 11.8 Å². The molecule has 0 amide bonds. The van der Waals surface area contributed by atoms with Crippen molar-refractivity contribution in [3.63, 3.8) is 0 Å². The predicted octanol–water partition coefficient (Wildman–Crippen LogP) is 4.63. The molecule has 0 spiro atoms. The Labute approximate surface area is 152 Å². The Kier molecular flexibility index (Phi) is 4.11. The monoisotopic (exact) mass is 367 g/mol. The van der Waals surface area contributed by atoms with Crippen molar-refractivity contribution in [3.05, 3.63) is 77.8 Å². The summed E-state index contributed by atoms with van der Waals surface area (Å²) in [4.78, 5) is 9.34. The fourth-order valence-electron chi connectivity index (χ4n) is 2.77. The summed E-state index contributed by atoms with van der Waals surface area (Å²) in [5, 5.41) is 1.42. The van der Waals surface area contributed by atoms with Gasteiger partial charge in [-0.3, -0.25) is 3.97 Å². The van der Waals surface area contributed by atoms with Gasteiger partial charge in [-0.1, -0.05) is 48.0 Å². The van der Waals surface area contributed by atoms with Crippen LogP contribution >= 0.6 is 11.6 Å². The van der Waals surface area contributed by atoms with Crippen LogP contribution in [0.15, 0.2) is 71.9 Å². The largest absolute Gasteiger partial charge is 0.262 e. The van der Waals surface area contributed by atoms with Gasteiger partial charge in [-0.15, -0.1) is 0 Å². The van der Waals surface area contributed by atoms with E-state index < -0.39 is 11.0 Å². The van der Waals surface area contributed by atoms with Crippen LogP contribution in [-0.4, -0.2) is 18.1 Å². The van der Waals surface area contributed by atoms with E-state index in [1.165, 1.54) is 0 Å². The molecule has 6 heteroatoms. The third-order valence-electron chi connectivity index (χ3n) is 3.92. The number of hydrogen-bond acceptors (Lipinski definition) is 3. The van der Waals surface area contributed by atoms with Crippen LogP contribution in [0.4, 0.5) is 0 Å². The molecule has 1 unspecified atom stereocenters. The third-order valence-corrected chi connectivity index (χ3v) is 5.53. The number of benzene rings is 2. The first-order chi connectivity index (χ1) is 12.1. The Morgan fingerprint density at radius 1 is 1.04 bits per heavy atom. The Hall–Kier alpha value is -2.50. The average Bonchev–Trinajstić information content (AvgIpc) is 3.03. The minimum atomic E-state index is -1.36. The number of halogens is 1. The lowest BCUT2D eigenvalue weighted by molar-refractivity contribution is 0.678. The van der Waals surface area contributed by atoms with E-state index in [-0.39, 0.29) is 0 Å². The molecule has 0 saturated heterocycles. The van der Waals surface area contributed by atoms with Gasteiger partial charge in [0.05, 0.1) is 21.1 Å². The molecule has 1 atom stereocenters. The lowest BCUT2D eigenvalue weighted by Gasteiger charge is -2.04. The summed E-state index contributed by atoms with van der Waals surface area (Å²) in [5.41, 5.74) is 2.36. The fraction of sp³-hybridized carbons (Fsp3) is 0.0526. The van der Waals surface area contributed by atoms with E-state index >= 15 is 0 Å². The van der Waals surface area contributed by atoms with E-state index in [1.807, 2.05) is 67.7 Å². The van der Waals surface area contributed by atoms with Crippen molar-refractivity contribution in [2.24, 2.45) is 0 Å². The Morgan fingerprint density at radius 3 is 2.56 bits per heavy atom. The molecule has 2 heterocycles. The van der Waals surface area contributed by atoms with Gasteiger partial charge >= 0.3 is 0 Å². The van der Waals surface area contributed by atoms with Gasteiger partial charge in [0, 0.05) is 23.3 Å². The maximum atomic E-state index is 13.1. The molecule has 2 aromatic heterocycles. The molecule has 124 valence electrons. The summed E-state index contributed by atoms with van der Waals surface area (Å²) in [6.07, 6.45) is 3.45. The average molecular weight is 368 g/mol. The van der Waals surface area contributed by atoms with Crippen molar-refractivity contribution in [1.29, 1.82) is 0 Å². The molecule has 2 aromatic carbocycles. The van der Waals surface area contributed by atoms with E-state index in [1.54, 1.807) is 10.2 Å². The standard InChI is InChI=1S/C19H14ClN3OS/c1-13-21-11-17(20)19(22-13)16-12-23(18-10-6-5-9-15(16)18)25(24)14-7-3-2-4-8-14/h2-12H,1H3. The molecule has 0 aliphatic rings. The molecular formula is C19H14ClN3OS. The molecule has 0 bridgehead atoms. The van der Waals surface area contributed by atoms with Crippen LogP contribution in [0, 0.1) is 6.92 Å². The molecule has 0 N–H and O–H groups in total. The molecule has 0 aliphatic carbocycles. The van der Waals surface area contributed by atoms with Crippen molar-refractivity contribution in [2.75, 3.05) is 0 Å². The minimum absolute atomic E-state index is 0.471. The van der Waals surface area contributed by atoms with Gasteiger partial charge in [0.15, 0.2) is 11.0 Å². The number of hydrogen-bond donors (Lipinski definition) is 0. The highest BCUT2D eigenvalue weighted by Crippen LogP contribution is 2.34. The second-order valence-corrected chi connectivity index (χ2v) is 7.33. The highest BCUT2D eigenvalue weighted by molar-refractivity contribution is 7.83. The van der Waals surface area contributed by atoms with Crippen LogP contribution in [0.5, 0.6) is 0 Å². The number of nitrogens with zero attached hydrogens (tertiary/aromatic N) is 3. The Morgan fingerprint density at radius 2 is 1.76 bits per heavy atom. The molecule has 4 aromatic rings. The molecule has 0 radical (unpaired) electrons. The lowest BCUT2D eigenvalue weighted by atomic mass is 10.1. The van der Waals surface area contributed by atoms with Gasteiger partial charge in [-0.05, 0) is 25.1 Å². The van der Waals surface area contributed by atoms with Gasteiger partial charge < -0.3 is 0 Å². The molecular weight excluding hydrogens is 354 g/mol. The van der Waals surface area contributed by atoms with Crippen molar-refractivity contribution in [3.8, 4) is 11.3 Å². The highest BCUT2D eigenvalue weighted by Gasteiger charge is 2.17. The van der Waals surface area contributed by atoms with Crippen molar-refractivity contribution >= 4 is 33.5 Å². The maximum absolute atomic E-state index is 13.1. The number of aromatic nitrogens is 3. The van der Waals surface area contributed by atoms with E-state index in [2.05, 4.69) is 9.97 Å². The van der Waals surface area contributed by atoms with Crippen molar-refractivity contribution < 1.29 is 4.21 Å². The van der Waals surface area contributed by atoms with Crippen LogP contribution in [-0.2, 0) is 11.0 Å². The van der Waals surface area contributed by atoms with E-state index in [0.29, 0.717) is 16.5 Å². The minimum Gasteiger partial charge on any atom is -0.262 e. The topological polar surface area (TPSA) is 47.8 Å². The zero-order valence-electron chi connectivity index (χ0n) is 13.4. The fourth-order valence-corrected chi connectivity index (χ4v) is 4.12. The molecule has 0 saturated carbocycles. The molecule has 0 aliphatic heterocycles. The maximum Gasteiger partial charge on any atom is 0.157 e. The highest BCUT2D eigenvalue weighted by atomic mass is 35.5. The van der Waals surface area contributed by atoms with Gasteiger partial charge in [-0.2, -0.15) is 0 Å². The summed E-state index contributed by atoms with van der Waals surface area (Å²) in [6, 6.07) is 17.2. The Balaban J connectivity index is 1.96. The van der Waals surface area contributed by atoms with E-state index in [4.69, 9.17) is 11.6 Å². The zero-order chi connectivity index (χ0) is 17.4. The smallest absolute Gasteiger partial charge is 0.157 e. The molecule has 4 rings (SSSR count). The van der Waals surface area contributed by atoms with E-state index in [0.717, 1.165) is 21.4 Å². The summed E-state index contributed by atoms with van der Waals surface area (Å²) >= 11 is 6.33. The molecule has 25 heavy (non-hydrogen) atoms. The van der Waals surface area contributed by atoms with Crippen LogP contribution in [0.3, 0.4) is 0 Å². The molecule has 0 fully saturated rings. The van der Waals surface area contributed by atoms with Gasteiger partial charge in [0.25, 0.3) is 0 Å². The van der Waals surface area contributed by atoms with Crippen LogP contribution in [0.1, 0.15) is 5.82 Å². The number of para-hydroxylation sites is 1. The number of aryl methyl sites for hydroxylation is 1.